The van der Waals surface area contributed by atoms with Gasteiger partial charge in [-0.3, -0.25) is 9.59 Å². The highest BCUT2D eigenvalue weighted by Crippen LogP contribution is 2.57. The van der Waals surface area contributed by atoms with E-state index in [2.05, 4.69) is 0 Å². The molecule has 4 aliphatic rings. The number of aromatic hydroxyl groups is 2. The topological polar surface area (TPSA) is 227 Å². The van der Waals surface area contributed by atoms with Gasteiger partial charge in [-0.2, -0.15) is 0 Å². The Balaban J connectivity index is 1.41. The molecule has 0 saturated heterocycles. The van der Waals surface area contributed by atoms with Crippen molar-refractivity contribution < 1.29 is 68.8 Å². The number of phenolic OH excluding ortho intramolecular Hbond substituents is 2. The highest BCUT2D eigenvalue weighted by atomic mass is 16.6. The molecule has 2 unspecified atom stereocenters. The Morgan fingerprint density at radius 1 is 0.808 bits per heavy atom. The summed E-state index contributed by atoms with van der Waals surface area (Å²) >= 11 is 0. The normalized spacial score (nSPS) is 24.9. The van der Waals surface area contributed by atoms with Gasteiger partial charge in [0.15, 0.2) is 23.3 Å². The lowest BCUT2D eigenvalue weighted by Gasteiger charge is -2.44. The van der Waals surface area contributed by atoms with Crippen LogP contribution in [0.25, 0.3) is 22.6 Å². The lowest BCUT2D eigenvalue weighted by atomic mass is 9.73. The summed E-state index contributed by atoms with van der Waals surface area (Å²) in [6, 6.07) is 10.6. The Labute approximate surface area is 295 Å². The van der Waals surface area contributed by atoms with Gasteiger partial charge in [-0.1, -0.05) is 18.2 Å². The number of phenols is 2. The first-order valence-electron chi connectivity index (χ1n) is 16.4. The van der Waals surface area contributed by atoms with E-state index in [0.717, 1.165) is 7.11 Å². The van der Waals surface area contributed by atoms with Crippen LogP contribution in [0.5, 0.6) is 23.0 Å². The minimum Gasteiger partial charge on any atom is -0.506 e. The van der Waals surface area contributed by atoms with E-state index < -0.39 is 93.2 Å². The number of hydrogen-bond donors (Lipinski definition) is 6. The number of Topliss-reactive ketones (excluding diaryl/α,β-unsaturated/α-hetero) is 2. The number of fused-ring (bicyclic) bond motifs is 4. The molecule has 3 aromatic carbocycles. The lowest BCUT2D eigenvalue weighted by molar-refractivity contribution is -0.170. The number of benzene rings is 3. The number of esters is 2. The van der Waals surface area contributed by atoms with Gasteiger partial charge in [-0.15, -0.1) is 0 Å². The predicted molar refractivity (Wildman–Crippen MR) is 180 cm³/mol. The van der Waals surface area contributed by atoms with Crippen LogP contribution in [-0.4, -0.2) is 91.3 Å². The Kier molecular flexibility index (Phi) is 8.07. The van der Waals surface area contributed by atoms with Gasteiger partial charge in [0.2, 0.25) is 0 Å². The minimum atomic E-state index is -2.46. The average molecular weight is 715 g/mol. The first-order chi connectivity index (χ1) is 24.7. The predicted octanol–water partition coefficient (Wildman–Crippen LogP) is 3.66. The van der Waals surface area contributed by atoms with Crippen molar-refractivity contribution in [3.05, 3.63) is 81.4 Å². The smallest absolute Gasteiger partial charge is 0.359 e. The standard InChI is InChI=1S/C38H34O14/c1-16-13-21-27(33(45)29-19(40)9-11-23(42)37(29,15-39)51-21)31(43)25(16)26-17(2)14-22-28(32(26)44)34(46)30-20(41)10-12-24(38(30,52-22)36(48)49-3)50-35(47)18-7-5-4-6-8-18/h4-8,13-14,23-24,39,42-46H,9-12,15H2,1-3H3/t23-,24-,37?,38?/m1/s1. The Bertz CT molecular complexity index is 2170. The number of aryl methyl sites for hydroxylation is 2. The molecule has 6 N–H and O–H groups in total. The van der Waals surface area contributed by atoms with Gasteiger partial charge in [0, 0.05) is 24.0 Å². The highest BCUT2D eigenvalue weighted by molar-refractivity contribution is 6.13. The molecule has 0 amide bonds. The van der Waals surface area contributed by atoms with Gasteiger partial charge in [0.25, 0.3) is 5.60 Å². The molecule has 0 radical (unpaired) electrons. The molecule has 270 valence electrons. The second-order valence-electron chi connectivity index (χ2n) is 13.2. The van der Waals surface area contributed by atoms with Crippen molar-refractivity contribution in [3.8, 4) is 34.1 Å². The van der Waals surface area contributed by atoms with Crippen LogP contribution in [0.4, 0.5) is 0 Å². The molecular weight excluding hydrogens is 680 g/mol. The summed E-state index contributed by atoms with van der Waals surface area (Å²) in [6.45, 7) is 2.20. The summed E-state index contributed by atoms with van der Waals surface area (Å²) in [5, 5.41) is 68.0. The molecule has 2 saturated carbocycles. The second kappa shape index (κ2) is 12.1. The number of ketones is 2. The molecule has 4 atom stereocenters. The van der Waals surface area contributed by atoms with Crippen LogP contribution >= 0.6 is 0 Å². The molecule has 0 aromatic heterocycles. The third-order valence-corrected chi connectivity index (χ3v) is 10.3. The molecule has 2 aliphatic carbocycles. The van der Waals surface area contributed by atoms with Gasteiger partial charge < -0.3 is 49.6 Å². The zero-order chi connectivity index (χ0) is 37.4. The fourth-order valence-electron chi connectivity index (χ4n) is 7.83. The van der Waals surface area contributed by atoms with E-state index in [4.69, 9.17) is 18.9 Å². The van der Waals surface area contributed by atoms with Gasteiger partial charge in [-0.05, 0) is 62.1 Å². The Hall–Kier alpha value is -5.86. The molecule has 0 spiro atoms. The molecular formula is C38H34O14. The van der Waals surface area contributed by atoms with Crippen LogP contribution in [0.15, 0.2) is 53.6 Å². The minimum absolute atomic E-state index is 0.0339. The molecule has 3 aromatic rings. The number of methoxy groups -OCH3 is 1. The van der Waals surface area contributed by atoms with Crippen LogP contribution in [0.3, 0.4) is 0 Å². The highest BCUT2D eigenvalue weighted by Gasteiger charge is 2.63. The van der Waals surface area contributed by atoms with Gasteiger partial charge >= 0.3 is 11.9 Å². The number of hydrogen-bond acceptors (Lipinski definition) is 14. The first-order valence-corrected chi connectivity index (χ1v) is 16.4. The molecule has 2 fully saturated rings. The van der Waals surface area contributed by atoms with E-state index in [1.54, 1.807) is 18.2 Å². The molecule has 2 aliphatic heterocycles. The van der Waals surface area contributed by atoms with Crippen LogP contribution in [0, 0.1) is 13.8 Å². The second-order valence-corrected chi connectivity index (χ2v) is 13.2. The summed E-state index contributed by atoms with van der Waals surface area (Å²) in [5.41, 5.74) is -5.74. The van der Waals surface area contributed by atoms with Gasteiger partial charge in [0.05, 0.1) is 30.4 Å². The monoisotopic (exact) mass is 714 g/mol. The largest absolute Gasteiger partial charge is 0.506 e. The fraction of sp³-hybridized carbons (Fsp3) is 0.316. The molecule has 14 nitrogen and oxygen atoms in total. The molecule has 52 heavy (non-hydrogen) atoms. The van der Waals surface area contributed by atoms with E-state index >= 15 is 0 Å². The van der Waals surface area contributed by atoms with Crippen LogP contribution in [0.2, 0.25) is 0 Å². The number of carbonyl (C=O) groups excluding carboxylic acids is 4. The van der Waals surface area contributed by atoms with Crippen molar-refractivity contribution in [2.75, 3.05) is 13.7 Å². The molecule has 2 heterocycles. The summed E-state index contributed by atoms with van der Waals surface area (Å²) in [5.74, 6) is -6.67. The van der Waals surface area contributed by atoms with Crippen molar-refractivity contribution in [2.24, 2.45) is 0 Å². The summed E-state index contributed by atoms with van der Waals surface area (Å²) in [7, 11) is 1.04. The third-order valence-electron chi connectivity index (χ3n) is 10.3. The van der Waals surface area contributed by atoms with Crippen molar-refractivity contribution in [3.63, 3.8) is 0 Å². The Morgan fingerprint density at radius 3 is 1.92 bits per heavy atom. The van der Waals surface area contributed by atoms with Crippen molar-refractivity contribution in [1.82, 2.24) is 0 Å². The molecule has 14 heteroatoms. The maximum atomic E-state index is 13.6. The van der Waals surface area contributed by atoms with E-state index in [-0.39, 0.29) is 70.6 Å². The van der Waals surface area contributed by atoms with E-state index in [1.165, 1.54) is 38.1 Å². The number of rotatable bonds is 5. The number of ether oxygens (including phenoxy) is 4. The lowest BCUT2D eigenvalue weighted by Crippen LogP contribution is -2.62. The average Bonchev–Trinajstić information content (AvgIpc) is 3.11. The van der Waals surface area contributed by atoms with E-state index in [0.29, 0.717) is 0 Å². The first kappa shape index (κ1) is 34.6. The van der Waals surface area contributed by atoms with E-state index in [1.807, 2.05) is 0 Å². The van der Waals surface area contributed by atoms with Crippen molar-refractivity contribution in [1.29, 1.82) is 0 Å². The summed E-state index contributed by atoms with van der Waals surface area (Å²) < 4.78 is 23.0. The van der Waals surface area contributed by atoms with Gasteiger partial charge in [0.1, 0.15) is 51.7 Å². The summed E-state index contributed by atoms with van der Waals surface area (Å²) in [6.07, 6.45) is -3.43. The zero-order valence-corrected chi connectivity index (χ0v) is 28.2. The number of carbonyl (C=O) groups is 4. The summed E-state index contributed by atoms with van der Waals surface area (Å²) in [4.78, 5) is 53.4. The number of aliphatic hydroxyl groups excluding tert-OH is 4. The fourth-order valence-corrected chi connectivity index (χ4v) is 7.83. The van der Waals surface area contributed by atoms with Crippen LogP contribution in [0.1, 0.15) is 58.3 Å². The Morgan fingerprint density at radius 2 is 1.35 bits per heavy atom. The SMILES string of the molecule is COC(=O)C12Oc3cc(C)c(-c4c(C)cc5c(c4O)C(O)=C4C(=O)CC[C@@H](O)C4(CO)O5)c(O)c3C(O)=C1C(=O)CC[C@H]2OC(=O)c1ccccc1. The molecule has 0 bridgehead atoms. The number of aliphatic hydroxyl groups is 4. The quantitative estimate of drug-likeness (QED) is 0.208. The van der Waals surface area contributed by atoms with Gasteiger partial charge in [-0.25, -0.2) is 9.59 Å². The van der Waals surface area contributed by atoms with Crippen LogP contribution < -0.4 is 9.47 Å². The van der Waals surface area contributed by atoms with Crippen molar-refractivity contribution in [2.45, 2.75) is 62.9 Å². The van der Waals surface area contributed by atoms with Crippen LogP contribution in [-0.2, 0) is 23.9 Å². The third kappa shape index (κ3) is 4.63. The zero-order valence-electron chi connectivity index (χ0n) is 28.2. The van der Waals surface area contributed by atoms with Crippen molar-refractivity contribution >= 4 is 35.0 Å². The maximum Gasteiger partial charge on any atom is 0.359 e. The van der Waals surface area contributed by atoms with E-state index in [9.17, 15) is 49.8 Å². The maximum absolute atomic E-state index is 13.6. The molecule has 7 rings (SSSR count).